The Balaban J connectivity index is 1.69. The maximum Gasteiger partial charge on any atom is 0.416 e. The summed E-state index contributed by atoms with van der Waals surface area (Å²) >= 11 is 0.887. The van der Waals surface area contributed by atoms with Gasteiger partial charge in [-0.1, -0.05) is 17.4 Å². The number of nitrogens with zero attached hydrogens (tertiary/aromatic N) is 4. The number of hydrogen-bond acceptors (Lipinski definition) is 4. The number of carbonyl (C=O) groups is 1. The van der Waals surface area contributed by atoms with Crippen molar-refractivity contribution in [2.45, 2.75) is 19.1 Å². The van der Waals surface area contributed by atoms with E-state index in [0.717, 1.165) is 35.6 Å². The molecule has 0 aliphatic rings. The second-order valence-corrected chi connectivity index (χ2v) is 7.93. The lowest BCUT2D eigenvalue weighted by molar-refractivity contribution is -0.137. The predicted molar refractivity (Wildman–Crippen MR) is 110 cm³/mol. The number of aryl methyl sites for hydroxylation is 1. The van der Waals surface area contributed by atoms with Crippen LogP contribution in [0.5, 0.6) is 0 Å². The Kier molecular flexibility index (Phi) is 5.92. The van der Waals surface area contributed by atoms with Crippen LogP contribution >= 0.6 is 11.3 Å². The Hall–Kier alpha value is -3.34. The third-order valence-electron chi connectivity index (χ3n) is 4.67. The minimum atomic E-state index is -4.61. The average Bonchev–Trinajstić information content (AvgIpc) is 3.40. The lowest BCUT2D eigenvalue weighted by Crippen LogP contribution is -2.32. The maximum absolute atomic E-state index is 14.1. The molecule has 0 spiro atoms. The van der Waals surface area contributed by atoms with Crippen molar-refractivity contribution >= 4 is 32.6 Å². The molecule has 0 aliphatic carbocycles. The van der Waals surface area contributed by atoms with Gasteiger partial charge in [-0.3, -0.25) is 9.69 Å². The fourth-order valence-corrected chi connectivity index (χ4v) is 4.19. The van der Waals surface area contributed by atoms with Gasteiger partial charge in [-0.05, 0) is 30.7 Å². The highest BCUT2D eigenvalue weighted by Gasteiger charge is 2.32. The molecule has 11 heteroatoms. The summed E-state index contributed by atoms with van der Waals surface area (Å²) in [6, 6.07) is 5.83. The molecule has 0 atom stereocenters. The lowest BCUT2D eigenvalue weighted by Gasteiger charge is -2.20. The molecule has 5 nitrogen and oxygen atoms in total. The van der Waals surface area contributed by atoms with E-state index in [1.54, 1.807) is 23.3 Å². The average molecular weight is 466 g/mol. The van der Waals surface area contributed by atoms with Crippen LogP contribution in [-0.2, 0) is 12.7 Å². The van der Waals surface area contributed by atoms with Crippen molar-refractivity contribution in [1.82, 2.24) is 14.5 Å². The zero-order chi connectivity index (χ0) is 22.9. The van der Waals surface area contributed by atoms with E-state index in [4.69, 9.17) is 0 Å². The van der Waals surface area contributed by atoms with Crippen molar-refractivity contribution in [2.24, 2.45) is 0 Å². The molecular weight excluding hydrogens is 451 g/mol. The number of benzene rings is 2. The number of hydrogen-bond donors (Lipinski definition) is 0. The molecule has 0 unspecified atom stereocenters. The van der Waals surface area contributed by atoms with E-state index >= 15 is 0 Å². The summed E-state index contributed by atoms with van der Waals surface area (Å²) in [5.74, 6) is -2.39. The highest BCUT2D eigenvalue weighted by Crippen LogP contribution is 2.33. The van der Waals surface area contributed by atoms with Crippen molar-refractivity contribution in [3.8, 4) is 0 Å². The zero-order valence-corrected chi connectivity index (χ0v) is 17.1. The number of alkyl halides is 3. The Morgan fingerprint density at radius 1 is 1.16 bits per heavy atom. The number of carbonyl (C=O) groups excluding carboxylic acids is 1. The van der Waals surface area contributed by atoms with Crippen LogP contribution in [-0.4, -0.2) is 27.0 Å². The molecule has 0 fully saturated rings. The van der Waals surface area contributed by atoms with Gasteiger partial charge in [0.2, 0.25) is 0 Å². The molecule has 2 aromatic heterocycles. The molecule has 0 saturated heterocycles. The third-order valence-corrected chi connectivity index (χ3v) is 5.70. The largest absolute Gasteiger partial charge is 0.416 e. The number of halogens is 5. The first-order chi connectivity index (χ1) is 15.2. The molecule has 0 N–H and O–H groups in total. The standard InChI is InChI=1S/C21H15F5N4OS/c22-15-10-16(23)18-17(11-15)32-20(28-18)30(7-2-6-29-8-5-27-12-29)19(31)13-3-1-4-14(9-13)21(24,25)26/h1,3-5,8-12H,2,6-7H2. The summed E-state index contributed by atoms with van der Waals surface area (Å²) < 4.78 is 69.0. The van der Waals surface area contributed by atoms with E-state index in [9.17, 15) is 26.7 Å². The SMILES string of the molecule is O=C(c1cccc(C(F)(F)F)c1)N(CCCn1ccnc1)c1nc2c(F)cc(F)cc2s1. The molecule has 2 heterocycles. The fourth-order valence-electron chi connectivity index (χ4n) is 3.16. The van der Waals surface area contributed by atoms with E-state index in [1.165, 1.54) is 11.0 Å². The molecule has 0 aliphatic heterocycles. The monoisotopic (exact) mass is 466 g/mol. The van der Waals surface area contributed by atoms with Crippen LogP contribution in [0.15, 0.2) is 55.1 Å². The first-order valence-electron chi connectivity index (χ1n) is 9.43. The first-order valence-corrected chi connectivity index (χ1v) is 10.2. The Morgan fingerprint density at radius 2 is 1.97 bits per heavy atom. The summed E-state index contributed by atoms with van der Waals surface area (Å²) in [5.41, 5.74) is -1.25. The van der Waals surface area contributed by atoms with Gasteiger partial charge in [-0.2, -0.15) is 13.2 Å². The van der Waals surface area contributed by atoms with Gasteiger partial charge in [0.05, 0.1) is 16.6 Å². The molecule has 32 heavy (non-hydrogen) atoms. The van der Waals surface area contributed by atoms with Crippen molar-refractivity contribution in [2.75, 3.05) is 11.4 Å². The van der Waals surface area contributed by atoms with Gasteiger partial charge in [0.15, 0.2) is 10.9 Å². The van der Waals surface area contributed by atoms with Crippen molar-refractivity contribution in [3.63, 3.8) is 0 Å². The van der Waals surface area contributed by atoms with Crippen LogP contribution in [0.25, 0.3) is 10.2 Å². The number of thiazole rings is 1. The highest BCUT2D eigenvalue weighted by molar-refractivity contribution is 7.22. The minimum absolute atomic E-state index is 0.0672. The van der Waals surface area contributed by atoms with Crippen LogP contribution in [0.4, 0.5) is 27.1 Å². The Labute approximate surface area is 182 Å². The van der Waals surface area contributed by atoms with E-state index < -0.39 is 29.3 Å². The Bertz CT molecular complexity index is 1250. The maximum atomic E-state index is 14.1. The number of fused-ring (bicyclic) bond motifs is 1. The summed E-state index contributed by atoms with van der Waals surface area (Å²) in [7, 11) is 0. The zero-order valence-electron chi connectivity index (χ0n) is 16.3. The second-order valence-electron chi connectivity index (χ2n) is 6.92. The topological polar surface area (TPSA) is 51.0 Å². The summed E-state index contributed by atoms with van der Waals surface area (Å²) in [6.45, 7) is 0.581. The molecule has 4 aromatic rings. The van der Waals surface area contributed by atoms with E-state index in [0.29, 0.717) is 19.0 Å². The van der Waals surface area contributed by atoms with Crippen LogP contribution in [0.2, 0.25) is 0 Å². The predicted octanol–water partition coefficient (Wildman–Crippen LogP) is 5.53. The number of amides is 1. The van der Waals surface area contributed by atoms with Crippen molar-refractivity contribution in [3.05, 3.63) is 77.9 Å². The number of aromatic nitrogens is 3. The van der Waals surface area contributed by atoms with Gasteiger partial charge < -0.3 is 4.57 Å². The summed E-state index contributed by atoms with van der Waals surface area (Å²) in [4.78, 5) is 22.4. The highest BCUT2D eigenvalue weighted by atomic mass is 32.1. The van der Waals surface area contributed by atoms with Gasteiger partial charge in [-0.15, -0.1) is 0 Å². The quantitative estimate of drug-likeness (QED) is 0.351. The van der Waals surface area contributed by atoms with Crippen LogP contribution in [0.3, 0.4) is 0 Å². The second kappa shape index (κ2) is 8.65. The Morgan fingerprint density at radius 3 is 2.69 bits per heavy atom. The van der Waals surface area contributed by atoms with Crippen LogP contribution in [0.1, 0.15) is 22.3 Å². The van der Waals surface area contributed by atoms with Crippen LogP contribution < -0.4 is 4.90 Å². The number of imidazole rings is 1. The molecule has 2 aromatic carbocycles. The smallest absolute Gasteiger partial charge is 0.337 e. The molecule has 0 bridgehead atoms. The summed E-state index contributed by atoms with van der Waals surface area (Å²) in [6.07, 6.45) is 0.729. The normalized spacial score (nSPS) is 11.8. The van der Waals surface area contributed by atoms with Gasteiger partial charge in [0.25, 0.3) is 5.91 Å². The van der Waals surface area contributed by atoms with Gasteiger partial charge in [0.1, 0.15) is 11.3 Å². The van der Waals surface area contributed by atoms with Crippen molar-refractivity contribution < 1.29 is 26.7 Å². The lowest BCUT2D eigenvalue weighted by atomic mass is 10.1. The molecule has 166 valence electrons. The van der Waals surface area contributed by atoms with Crippen LogP contribution in [0, 0.1) is 11.6 Å². The number of rotatable bonds is 6. The van der Waals surface area contributed by atoms with E-state index in [2.05, 4.69) is 9.97 Å². The fraction of sp³-hybridized carbons (Fsp3) is 0.190. The molecule has 4 rings (SSSR count). The summed E-state index contributed by atoms with van der Waals surface area (Å²) in [5, 5.41) is 0.0672. The third kappa shape index (κ3) is 4.62. The molecule has 1 amide bonds. The van der Waals surface area contributed by atoms with Gasteiger partial charge >= 0.3 is 6.18 Å². The molecular formula is C21H15F5N4OS. The minimum Gasteiger partial charge on any atom is -0.337 e. The number of anilines is 1. The van der Waals surface area contributed by atoms with E-state index in [-0.39, 0.29) is 27.5 Å². The van der Waals surface area contributed by atoms with Crippen molar-refractivity contribution in [1.29, 1.82) is 0 Å². The van der Waals surface area contributed by atoms with Gasteiger partial charge in [-0.25, -0.2) is 18.7 Å². The molecule has 0 saturated carbocycles. The van der Waals surface area contributed by atoms with E-state index in [1.807, 2.05) is 0 Å². The van der Waals surface area contributed by atoms with Gasteiger partial charge in [0, 0.05) is 37.1 Å². The first kappa shape index (κ1) is 21.9. The molecule has 0 radical (unpaired) electrons.